The van der Waals surface area contributed by atoms with Crippen LogP contribution in [-0.4, -0.2) is 18.5 Å². The molecule has 0 atom stereocenters. The Morgan fingerprint density at radius 3 is 2.67 bits per heavy atom. The van der Waals surface area contributed by atoms with Crippen LogP contribution in [0.4, 0.5) is 4.39 Å². The zero-order chi connectivity index (χ0) is 12.7. The van der Waals surface area contributed by atoms with Crippen molar-refractivity contribution in [2.75, 3.05) is 6.54 Å². The molecular weight excluding hydrogens is 344 g/mol. The SMILES string of the molecule is CCNC(=NCc1cccc(F)c1)NC(C)C.I. The highest BCUT2D eigenvalue weighted by Crippen LogP contribution is 2.04. The van der Waals surface area contributed by atoms with Crippen molar-refractivity contribution in [1.82, 2.24) is 10.6 Å². The zero-order valence-corrected chi connectivity index (χ0v) is 13.4. The molecule has 1 aromatic rings. The number of benzene rings is 1. The molecule has 0 aliphatic rings. The summed E-state index contributed by atoms with van der Waals surface area (Å²) in [5, 5.41) is 6.35. The Kier molecular flexibility index (Phi) is 8.70. The number of hydrogen-bond acceptors (Lipinski definition) is 1. The number of guanidine groups is 1. The van der Waals surface area contributed by atoms with E-state index >= 15 is 0 Å². The van der Waals surface area contributed by atoms with Crippen LogP contribution in [0.1, 0.15) is 26.3 Å². The van der Waals surface area contributed by atoms with E-state index in [-0.39, 0.29) is 29.8 Å². The molecule has 0 bridgehead atoms. The monoisotopic (exact) mass is 365 g/mol. The highest BCUT2D eigenvalue weighted by Gasteiger charge is 2.00. The van der Waals surface area contributed by atoms with Gasteiger partial charge < -0.3 is 10.6 Å². The summed E-state index contributed by atoms with van der Waals surface area (Å²) in [7, 11) is 0. The first-order valence-corrected chi connectivity index (χ1v) is 5.91. The van der Waals surface area contributed by atoms with E-state index in [4.69, 9.17) is 0 Å². The van der Waals surface area contributed by atoms with Crippen LogP contribution in [0.15, 0.2) is 29.3 Å². The molecule has 0 fully saturated rings. The van der Waals surface area contributed by atoms with E-state index in [0.29, 0.717) is 12.6 Å². The third-order valence-electron chi connectivity index (χ3n) is 2.08. The lowest BCUT2D eigenvalue weighted by molar-refractivity contribution is 0.625. The van der Waals surface area contributed by atoms with Crippen LogP contribution in [0.5, 0.6) is 0 Å². The number of hydrogen-bond donors (Lipinski definition) is 2. The summed E-state index contributed by atoms with van der Waals surface area (Å²) in [6, 6.07) is 6.82. The lowest BCUT2D eigenvalue weighted by atomic mass is 10.2. The largest absolute Gasteiger partial charge is 0.357 e. The molecule has 0 radical (unpaired) electrons. The molecule has 0 aromatic heterocycles. The lowest BCUT2D eigenvalue weighted by Gasteiger charge is -2.13. The first-order chi connectivity index (χ1) is 8.11. The second kappa shape index (κ2) is 9.13. The Labute approximate surface area is 125 Å². The summed E-state index contributed by atoms with van der Waals surface area (Å²) in [5.41, 5.74) is 0.867. The van der Waals surface area contributed by atoms with Crippen LogP contribution < -0.4 is 10.6 Å². The van der Waals surface area contributed by atoms with E-state index in [1.165, 1.54) is 12.1 Å². The van der Waals surface area contributed by atoms with Crippen LogP contribution in [-0.2, 0) is 6.54 Å². The van der Waals surface area contributed by atoms with Crippen molar-refractivity contribution in [3.8, 4) is 0 Å². The summed E-state index contributed by atoms with van der Waals surface area (Å²) in [4.78, 5) is 4.39. The van der Waals surface area contributed by atoms with E-state index in [2.05, 4.69) is 29.5 Å². The van der Waals surface area contributed by atoms with E-state index in [0.717, 1.165) is 18.1 Å². The predicted octanol–water partition coefficient (Wildman–Crippen LogP) is 2.91. The van der Waals surface area contributed by atoms with Crippen molar-refractivity contribution in [3.05, 3.63) is 35.6 Å². The summed E-state index contributed by atoms with van der Waals surface area (Å²) >= 11 is 0. The number of rotatable bonds is 4. The van der Waals surface area contributed by atoms with Gasteiger partial charge in [-0.1, -0.05) is 12.1 Å². The maximum atomic E-state index is 13.0. The highest BCUT2D eigenvalue weighted by molar-refractivity contribution is 14.0. The predicted molar refractivity (Wildman–Crippen MR) is 84.9 cm³/mol. The van der Waals surface area contributed by atoms with Crippen LogP contribution in [0.25, 0.3) is 0 Å². The van der Waals surface area contributed by atoms with Gasteiger partial charge >= 0.3 is 0 Å². The van der Waals surface area contributed by atoms with Crippen molar-refractivity contribution in [3.63, 3.8) is 0 Å². The van der Waals surface area contributed by atoms with Gasteiger partial charge in [0.2, 0.25) is 0 Å². The summed E-state index contributed by atoms with van der Waals surface area (Å²) < 4.78 is 13.0. The number of aliphatic imine (C=N–C) groups is 1. The Hall–Kier alpha value is -0.850. The molecule has 1 aromatic carbocycles. The summed E-state index contributed by atoms with van der Waals surface area (Å²) in [6.45, 7) is 7.39. The Morgan fingerprint density at radius 1 is 1.39 bits per heavy atom. The molecule has 102 valence electrons. The van der Waals surface area contributed by atoms with Gasteiger partial charge in [0, 0.05) is 12.6 Å². The van der Waals surface area contributed by atoms with Gasteiger partial charge in [-0.05, 0) is 38.5 Å². The maximum Gasteiger partial charge on any atom is 0.191 e. The van der Waals surface area contributed by atoms with Crippen molar-refractivity contribution >= 4 is 29.9 Å². The Balaban J connectivity index is 0.00000289. The van der Waals surface area contributed by atoms with Crippen molar-refractivity contribution in [2.24, 2.45) is 4.99 Å². The molecule has 0 aliphatic heterocycles. The number of nitrogens with one attached hydrogen (secondary N) is 2. The molecule has 0 saturated heterocycles. The maximum absolute atomic E-state index is 13.0. The molecule has 0 saturated carbocycles. The average Bonchev–Trinajstić information content (AvgIpc) is 2.26. The lowest BCUT2D eigenvalue weighted by Crippen LogP contribution is -2.40. The summed E-state index contributed by atoms with van der Waals surface area (Å²) in [6.07, 6.45) is 0. The second-order valence-electron chi connectivity index (χ2n) is 4.12. The first-order valence-electron chi connectivity index (χ1n) is 5.91. The molecule has 0 aliphatic carbocycles. The molecule has 0 amide bonds. The van der Waals surface area contributed by atoms with Crippen LogP contribution >= 0.6 is 24.0 Å². The Bertz CT molecular complexity index is 380. The molecule has 0 spiro atoms. The van der Waals surface area contributed by atoms with Gasteiger partial charge in [0.1, 0.15) is 5.82 Å². The van der Waals surface area contributed by atoms with Gasteiger partial charge in [0.05, 0.1) is 6.54 Å². The Morgan fingerprint density at radius 2 is 2.11 bits per heavy atom. The quantitative estimate of drug-likeness (QED) is 0.489. The highest BCUT2D eigenvalue weighted by atomic mass is 127. The van der Waals surface area contributed by atoms with Crippen LogP contribution in [0.2, 0.25) is 0 Å². The van der Waals surface area contributed by atoms with Gasteiger partial charge in [-0.2, -0.15) is 0 Å². The standard InChI is InChI=1S/C13H20FN3.HI/c1-4-15-13(17-10(2)3)16-9-11-6-5-7-12(14)8-11;/h5-8,10H,4,9H2,1-3H3,(H2,15,16,17);1H. The van der Waals surface area contributed by atoms with E-state index < -0.39 is 0 Å². The van der Waals surface area contributed by atoms with E-state index in [1.54, 1.807) is 6.07 Å². The van der Waals surface area contributed by atoms with Crippen molar-refractivity contribution in [2.45, 2.75) is 33.4 Å². The molecule has 2 N–H and O–H groups in total. The van der Waals surface area contributed by atoms with Gasteiger partial charge in [-0.25, -0.2) is 9.38 Å². The van der Waals surface area contributed by atoms with Crippen molar-refractivity contribution < 1.29 is 4.39 Å². The van der Waals surface area contributed by atoms with Crippen LogP contribution in [0, 0.1) is 5.82 Å². The molecule has 18 heavy (non-hydrogen) atoms. The first kappa shape index (κ1) is 17.2. The minimum atomic E-state index is -0.223. The fraction of sp³-hybridized carbons (Fsp3) is 0.462. The minimum Gasteiger partial charge on any atom is -0.357 e. The van der Waals surface area contributed by atoms with Gasteiger partial charge in [-0.3, -0.25) is 0 Å². The molecule has 1 rings (SSSR count). The van der Waals surface area contributed by atoms with E-state index in [1.807, 2.05) is 13.0 Å². The summed E-state index contributed by atoms with van der Waals surface area (Å²) in [5.74, 6) is 0.534. The average molecular weight is 365 g/mol. The van der Waals surface area contributed by atoms with E-state index in [9.17, 15) is 4.39 Å². The van der Waals surface area contributed by atoms with Crippen molar-refractivity contribution in [1.29, 1.82) is 0 Å². The molecule has 0 unspecified atom stereocenters. The molecule has 0 heterocycles. The van der Waals surface area contributed by atoms with Gasteiger partial charge in [0.25, 0.3) is 0 Å². The van der Waals surface area contributed by atoms with Gasteiger partial charge in [-0.15, -0.1) is 24.0 Å². The third-order valence-corrected chi connectivity index (χ3v) is 2.08. The molecule has 3 nitrogen and oxygen atoms in total. The molecular formula is C13H21FIN3. The second-order valence-corrected chi connectivity index (χ2v) is 4.12. The minimum absolute atomic E-state index is 0. The smallest absolute Gasteiger partial charge is 0.191 e. The third kappa shape index (κ3) is 6.78. The topological polar surface area (TPSA) is 36.4 Å². The molecule has 5 heteroatoms. The zero-order valence-electron chi connectivity index (χ0n) is 11.0. The van der Waals surface area contributed by atoms with Gasteiger partial charge in [0.15, 0.2) is 5.96 Å². The number of halogens is 2. The fourth-order valence-electron chi connectivity index (χ4n) is 1.40. The normalized spacial score (nSPS) is 11.1. The fourth-order valence-corrected chi connectivity index (χ4v) is 1.40. The van der Waals surface area contributed by atoms with Crippen LogP contribution in [0.3, 0.4) is 0 Å². The number of nitrogens with zero attached hydrogens (tertiary/aromatic N) is 1.